The number of hydrogen-bond donors (Lipinski definition) is 3. The first-order valence-electron chi connectivity index (χ1n) is 9.80. The van der Waals surface area contributed by atoms with Crippen LogP contribution in [-0.2, 0) is 6.54 Å². The van der Waals surface area contributed by atoms with Crippen LogP contribution in [0.4, 0.5) is 5.82 Å². The number of nitrogens with one attached hydrogen (secondary N) is 2. The van der Waals surface area contributed by atoms with Crippen LogP contribution in [0.25, 0.3) is 5.69 Å². The van der Waals surface area contributed by atoms with Crippen molar-refractivity contribution in [2.45, 2.75) is 32.4 Å². The van der Waals surface area contributed by atoms with E-state index in [2.05, 4.69) is 15.6 Å². The maximum Gasteiger partial charge on any atom is 0.273 e. The predicted molar refractivity (Wildman–Crippen MR) is 121 cm³/mol. The molecule has 4 N–H and O–H groups in total. The lowest BCUT2D eigenvalue weighted by Gasteiger charge is -2.12. The largest absolute Gasteiger partial charge is 0.383 e. The Morgan fingerprint density at radius 2 is 1.94 bits per heavy atom. The summed E-state index contributed by atoms with van der Waals surface area (Å²) in [5.74, 6) is -0.370. The van der Waals surface area contributed by atoms with Crippen LogP contribution in [-0.4, -0.2) is 27.4 Å². The monoisotopic (exact) mass is 457 g/mol. The molecule has 0 bridgehead atoms. The molecule has 31 heavy (non-hydrogen) atoms. The minimum atomic E-state index is -0.428. The molecule has 0 aliphatic heterocycles. The van der Waals surface area contributed by atoms with E-state index in [-0.39, 0.29) is 30.0 Å². The summed E-state index contributed by atoms with van der Waals surface area (Å²) in [5, 5.41) is 6.72. The summed E-state index contributed by atoms with van der Waals surface area (Å²) >= 11 is 12.1. The first-order chi connectivity index (χ1) is 14.8. The van der Waals surface area contributed by atoms with Crippen LogP contribution < -0.4 is 16.4 Å². The lowest BCUT2D eigenvalue weighted by atomic mass is 10.1. The highest BCUT2D eigenvalue weighted by Gasteiger charge is 2.24. The topological polar surface area (TPSA) is 102 Å². The van der Waals surface area contributed by atoms with E-state index in [4.69, 9.17) is 28.9 Å². The molecule has 0 spiro atoms. The molecule has 1 aliphatic carbocycles. The third-order valence-corrected chi connectivity index (χ3v) is 5.70. The third-order valence-electron chi connectivity index (χ3n) is 5.12. The van der Waals surface area contributed by atoms with Crippen molar-refractivity contribution >= 4 is 40.8 Å². The molecule has 160 valence electrons. The zero-order valence-corrected chi connectivity index (χ0v) is 18.3. The first-order valence-corrected chi connectivity index (χ1v) is 10.6. The summed E-state index contributed by atoms with van der Waals surface area (Å²) in [6, 6.07) is 10.7. The van der Waals surface area contributed by atoms with E-state index in [1.807, 2.05) is 13.0 Å². The number of aromatic nitrogens is 2. The molecule has 1 aliphatic rings. The van der Waals surface area contributed by atoms with Gasteiger partial charge in [0.05, 0.1) is 5.69 Å². The average Bonchev–Trinajstić information content (AvgIpc) is 3.46. The molecule has 2 aromatic carbocycles. The molecule has 9 heteroatoms. The number of benzene rings is 2. The second-order valence-corrected chi connectivity index (χ2v) is 8.36. The molecule has 1 aromatic heterocycles. The zero-order valence-electron chi connectivity index (χ0n) is 16.8. The Balaban J connectivity index is 1.53. The number of halogens is 2. The molecule has 7 nitrogen and oxygen atoms in total. The zero-order chi connectivity index (χ0) is 22.1. The van der Waals surface area contributed by atoms with Gasteiger partial charge in [-0.2, -0.15) is 0 Å². The van der Waals surface area contributed by atoms with Crippen molar-refractivity contribution in [2.24, 2.45) is 0 Å². The highest BCUT2D eigenvalue weighted by molar-refractivity contribution is 6.35. The molecule has 1 fully saturated rings. The predicted octanol–water partition coefficient (Wildman–Crippen LogP) is 3.89. The van der Waals surface area contributed by atoms with Gasteiger partial charge in [0.25, 0.3) is 11.8 Å². The summed E-state index contributed by atoms with van der Waals surface area (Å²) in [6.45, 7) is 2.11. The molecule has 0 atom stereocenters. The second-order valence-electron chi connectivity index (χ2n) is 7.52. The Labute approximate surface area is 189 Å². The van der Waals surface area contributed by atoms with Gasteiger partial charge in [-0.15, -0.1) is 0 Å². The maximum atomic E-state index is 12.6. The van der Waals surface area contributed by atoms with Crippen molar-refractivity contribution in [1.29, 1.82) is 0 Å². The number of nitrogens with zero attached hydrogens (tertiary/aromatic N) is 2. The molecular weight excluding hydrogens is 437 g/mol. The van der Waals surface area contributed by atoms with Crippen LogP contribution in [0.5, 0.6) is 0 Å². The Morgan fingerprint density at radius 3 is 2.65 bits per heavy atom. The van der Waals surface area contributed by atoms with E-state index in [1.165, 1.54) is 6.33 Å². The van der Waals surface area contributed by atoms with Crippen molar-refractivity contribution < 1.29 is 9.59 Å². The molecule has 1 heterocycles. The van der Waals surface area contributed by atoms with Crippen LogP contribution in [0.15, 0.2) is 42.7 Å². The fourth-order valence-corrected chi connectivity index (χ4v) is 3.63. The molecule has 2 amide bonds. The minimum absolute atomic E-state index is 0.0947. The molecular formula is C22H21Cl2N5O2. The number of nitrogens with two attached hydrogens (primary N) is 1. The van der Waals surface area contributed by atoms with Crippen LogP contribution in [0, 0.1) is 6.92 Å². The normalized spacial score (nSPS) is 13.1. The van der Waals surface area contributed by atoms with E-state index < -0.39 is 5.91 Å². The summed E-state index contributed by atoms with van der Waals surface area (Å²) in [5.41, 5.74) is 9.17. The molecule has 1 saturated carbocycles. The summed E-state index contributed by atoms with van der Waals surface area (Å²) in [7, 11) is 0. The summed E-state index contributed by atoms with van der Waals surface area (Å²) in [4.78, 5) is 29.2. The third kappa shape index (κ3) is 4.68. The number of hydrogen-bond acceptors (Lipinski definition) is 4. The number of amides is 2. The van der Waals surface area contributed by atoms with Gasteiger partial charge in [-0.25, -0.2) is 4.98 Å². The van der Waals surface area contributed by atoms with E-state index >= 15 is 0 Å². The Bertz CT molecular complexity index is 1170. The van der Waals surface area contributed by atoms with Crippen LogP contribution in [0.3, 0.4) is 0 Å². The fourth-order valence-electron chi connectivity index (χ4n) is 3.16. The van der Waals surface area contributed by atoms with Crippen LogP contribution >= 0.6 is 23.2 Å². The van der Waals surface area contributed by atoms with Crippen LogP contribution in [0.2, 0.25) is 10.0 Å². The van der Waals surface area contributed by atoms with Gasteiger partial charge in [0.2, 0.25) is 0 Å². The number of aryl methyl sites for hydroxylation is 1. The van der Waals surface area contributed by atoms with Crippen molar-refractivity contribution in [3.8, 4) is 5.69 Å². The molecule has 0 saturated heterocycles. The summed E-state index contributed by atoms with van der Waals surface area (Å²) in [6.07, 6.45) is 3.50. The van der Waals surface area contributed by atoms with E-state index in [9.17, 15) is 9.59 Å². The van der Waals surface area contributed by atoms with Crippen molar-refractivity contribution in [3.05, 3.63) is 75.2 Å². The van der Waals surface area contributed by atoms with E-state index in [1.54, 1.807) is 34.9 Å². The van der Waals surface area contributed by atoms with Crippen LogP contribution in [0.1, 0.15) is 44.8 Å². The number of anilines is 1. The summed E-state index contributed by atoms with van der Waals surface area (Å²) < 4.78 is 1.60. The smallest absolute Gasteiger partial charge is 0.273 e. The number of imidazole rings is 1. The number of carbonyl (C=O) groups is 2. The fraction of sp³-hybridized carbons (Fsp3) is 0.227. The first kappa shape index (κ1) is 21.2. The Kier molecular flexibility index (Phi) is 5.89. The molecule has 0 unspecified atom stereocenters. The van der Waals surface area contributed by atoms with E-state index in [0.29, 0.717) is 21.3 Å². The van der Waals surface area contributed by atoms with Gasteiger partial charge in [0.1, 0.15) is 12.1 Å². The maximum absolute atomic E-state index is 12.6. The van der Waals surface area contributed by atoms with Gasteiger partial charge in [-0.1, -0.05) is 35.3 Å². The van der Waals surface area contributed by atoms with E-state index in [0.717, 1.165) is 24.0 Å². The standard InChI is InChI=1S/C22H21Cl2N5O2/c1-12-2-3-13(21(30)28-16-6-7-16)8-18(12)29-11-27-19(20(29)25)22(31)26-10-14-4-5-15(23)9-17(14)24/h2-5,8-9,11,16H,6-7,10,25H2,1H3,(H,26,31)(H,28,30). The lowest BCUT2D eigenvalue weighted by Crippen LogP contribution is -2.25. The van der Waals surface area contributed by atoms with Gasteiger partial charge < -0.3 is 16.4 Å². The highest BCUT2D eigenvalue weighted by atomic mass is 35.5. The van der Waals surface area contributed by atoms with Gasteiger partial charge in [0.15, 0.2) is 5.69 Å². The molecule has 4 rings (SSSR count). The van der Waals surface area contributed by atoms with Crippen molar-refractivity contribution in [3.63, 3.8) is 0 Å². The number of rotatable bonds is 6. The second kappa shape index (κ2) is 8.61. The van der Waals surface area contributed by atoms with Crippen molar-refractivity contribution in [1.82, 2.24) is 20.2 Å². The lowest BCUT2D eigenvalue weighted by molar-refractivity contribution is 0.0940. The number of carbonyl (C=O) groups excluding carboxylic acids is 2. The average molecular weight is 458 g/mol. The van der Waals surface area contributed by atoms with Gasteiger partial charge in [-0.3, -0.25) is 14.2 Å². The molecule has 0 radical (unpaired) electrons. The van der Waals surface area contributed by atoms with Crippen molar-refractivity contribution in [2.75, 3.05) is 5.73 Å². The van der Waals surface area contributed by atoms with Gasteiger partial charge in [-0.05, 0) is 55.2 Å². The Hall–Kier alpha value is -3.03. The Morgan fingerprint density at radius 1 is 1.16 bits per heavy atom. The minimum Gasteiger partial charge on any atom is -0.383 e. The highest BCUT2D eigenvalue weighted by Crippen LogP contribution is 2.24. The molecule has 3 aromatic rings. The number of nitrogen functional groups attached to an aromatic ring is 1. The van der Waals surface area contributed by atoms with Gasteiger partial charge >= 0.3 is 0 Å². The van der Waals surface area contributed by atoms with Gasteiger partial charge in [0, 0.05) is 28.2 Å². The quantitative estimate of drug-likeness (QED) is 0.522. The SMILES string of the molecule is Cc1ccc(C(=O)NC2CC2)cc1-n1cnc(C(=O)NCc2ccc(Cl)cc2Cl)c1N.